The number of ketones is 1. The lowest BCUT2D eigenvalue weighted by molar-refractivity contribution is -0.127. The molecule has 0 aliphatic carbocycles. The molecule has 168 valence electrons. The van der Waals surface area contributed by atoms with E-state index in [1.807, 2.05) is 0 Å². The molecule has 1 aliphatic heterocycles. The molecule has 2 aromatic rings. The number of hydrazone groups is 1. The van der Waals surface area contributed by atoms with Crippen molar-refractivity contribution in [2.24, 2.45) is 11.0 Å². The van der Waals surface area contributed by atoms with Crippen LogP contribution in [-0.4, -0.2) is 30.4 Å². The predicted molar refractivity (Wildman–Crippen MR) is 116 cm³/mol. The Morgan fingerprint density at radius 2 is 1.94 bits per heavy atom. The summed E-state index contributed by atoms with van der Waals surface area (Å²) in [7, 11) is 1.45. The van der Waals surface area contributed by atoms with E-state index in [0.29, 0.717) is 5.75 Å². The van der Waals surface area contributed by atoms with Crippen LogP contribution in [0.3, 0.4) is 0 Å². The normalized spacial score (nSPS) is 16.1. The number of carbonyl (C=O) groups is 3. The molecule has 0 saturated carbocycles. The number of Topliss-reactive ketones (excluding diaryl/α,β-unsaturated/α-hetero) is 1. The van der Waals surface area contributed by atoms with E-state index in [2.05, 4.69) is 10.4 Å². The molecule has 1 heterocycles. The van der Waals surface area contributed by atoms with Crippen LogP contribution >= 0.6 is 0 Å². The van der Waals surface area contributed by atoms with Crippen molar-refractivity contribution in [1.29, 1.82) is 0 Å². The number of alkyl halides is 2. The minimum Gasteiger partial charge on any atom is -0.497 e. The van der Waals surface area contributed by atoms with Crippen LogP contribution in [0.4, 0.5) is 20.2 Å². The van der Waals surface area contributed by atoms with Crippen molar-refractivity contribution in [3.63, 3.8) is 0 Å². The molecule has 1 N–H and O–H groups in total. The van der Waals surface area contributed by atoms with Crippen LogP contribution in [0.1, 0.15) is 43.1 Å². The van der Waals surface area contributed by atoms with E-state index < -0.39 is 23.7 Å². The molecule has 9 heteroatoms. The Kier molecular flexibility index (Phi) is 6.38. The second-order valence-electron chi connectivity index (χ2n) is 7.39. The molecule has 1 atom stereocenters. The third kappa shape index (κ3) is 4.37. The van der Waals surface area contributed by atoms with Crippen LogP contribution in [0, 0.1) is 5.92 Å². The summed E-state index contributed by atoms with van der Waals surface area (Å²) < 4.78 is 33.1. The first kappa shape index (κ1) is 23.1. The minimum absolute atomic E-state index is 0.147. The molecule has 0 fully saturated rings. The number of benzene rings is 2. The summed E-state index contributed by atoms with van der Waals surface area (Å²) in [6, 6.07) is 9.92. The van der Waals surface area contributed by atoms with Gasteiger partial charge >= 0.3 is 0 Å². The highest BCUT2D eigenvalue weighted by molar-refractivity contribution is 6.29. The molecular formula is C23H23F2N3O4. The lowest BCUT2D eigenvalue weighted by atomic mass is 10.0. The standard InChI is InChI=1S/C23H23F2N3O4/c1-5-23(24,25)15-7-6-8-16(11-15)26-21(30)20-13(2)27-28(22(20)31)19-10-9-17(32-4)12-18(19)14(3)29/h6-12,20H,5H2,1-4H3,(H,26,30). The Balaban J connectivity index is 1.86. The Morgan fingerprint density at radius 1 is 1.22 bits per heavy atom. The van der Waals surface area contributed by atoms with Gasteiger partial charge in [0.2, 0.25) is 5.91 Å². The Hall–Kier alpha value is -3.62. The number of rotatable bonds is 7. The summed E-state index contributed by atoms with van der Waals surface area (Å²) in [5.74, 6) is -5.51. The van der Waals surface area contributed by atoms with E-state index in [1.165, 1.54) is 64.3 Å². The summed E-state index contributed by atoms with van der Waals surface area (Å²) in [6.07, 6.45) is -0.382. The number of hydrogen-bond acceptors (Lipinski definition) is 5. The van der Waals surface area contributed by atoms with Crippen LogP contribution in [0.2, 0.25) is 0 Å². The number of nitrogens with zero attached hydrogens (tertiary/aromatic N) is 2. The lowest BCUT2D eigenvalue weighted by Crippen LogP contribution is -2.36. The monoisotopic (exact) mass is 443 g/mol. The predicted octanol–water partition coefficient (Wildman–Crippen LogP) is 4.38. The molecule has 7 nitrogen and oxygen atoms in total. The van der Waals surface area contributed by atoms with Gasteiger partial charge in [-0.25, -0.2) is 8.78 Å². The van der Waals surface area contributed by atoms with E-state index in [1.54, 1.807) is 6.07 Å². The fourth-order valence-corrected chi connectivity index (χ4v) is 3.39. The van der Waals surface area contributed by atoms with Crippen molar-refractivity contribution in [2.45, 2.75) is 33.1 Å². The van der Waals surface area contributed by atoms with Gasteiger partial charge in [0.15, 0.2) is 11.7 Å². The van der Waals surface area contributed by atoms with Gasteiger partial charge in [-0.2, -0.15) is 10.1 Å². The maximum absolute atomic E-state index is 14.0. The number of anilines is 2. The zero-order valence-corrected chi connectivity index (χ0v) is 18.1. The molecule has 1 aliphatic rings. The second-order valence-corrected chi connectivity index (χ2v) is 7.39. The summed E-state index contributed by atoms with van der Waals surface area (Å²) in [5.41, 5.74) is 0.570. The third-order valence-electron chi connectivity index (χ3n) is 5.20. The zero-order chi connectivity index (χ0) is 23.6. The van der Waals surface area contributed by atoms with Gasteiger partial charge in [0.1, 0.15) is 5.75 Å². The van der Waals surface area contributed by atoms with E-state index in [4.69, 9.17) is 4.74 Å². The molecule has 1 unspecified atom stereocenters. The number of ether oxygens (including phenoxy) is 1. The van der Waals surface area contributed by atoms with E-state index >= 15 is 0 Å². The van der Waals surface area contributed by atoms with Crippen molar-refractivity contribution in [3.05, 3.63) is 53.6 Å². The van der Waals surface area contributed by atoms with Gasteiger partial charge in [-0.05, 0) is 44.2 Å². The number of nitrogens with one attached hydrogen (secondary N) is 1. The average molecular weight is 443 g/mol. The van der Waals surface area contributed by atoms with Crippen molar-refractivity contribution < 1.29 is 27.9 Å². The molecule has 2 aromatic carbocycles. The first-order chi connectivity index (χ1) is 15.1. The smallest absolute Gasteiger partial charge is 0.273 e. The third-order valence-corrected chi connectivity index (χ3v) is 5.20. The largest absolute Gasteiger partial charge is 0.497 e. The lowest BCUT2D eigenvalue weighted by Gasteiger charge is -2.18. The number of hydrogen-bond donors (Lipinski definition) is 1. The molecule has 0 spiro atoms. The van der Waals surface area contributed by atoms with Crippen LogP contribution in [0.5, 0.6) is 5.75 Å². The average Bonchev–Trinajstić information content (AvgIpc) is 3.07. The first-order valence-electron chi connectivity index (χ1n) is 9.96. The summed E-state index contributed by atoms with van der Waals surface area (Å²) >= 11 is 0. The van der Waals surface area contributed by atoms with Crippen LogP contribution in [0.15, 0.2) is 47.6 Å². The summed E-state index contributed by atoms with van der Waals surface area (Å²) in [6.45, 7) is 4.23. The number of halogens is 2. The topological polar surface area (TPSA) is 88.1 Å². The maximum Gasteiger partial charge on any atom is 0.273 e. The molecule has 0 saturated heterocycles. The second kappa shape index (κ2) is 8.86. The maximum atomic E-state index is 14.0. The molecule has 32 heavy (non-hydrogen) atoms. The highest BCUT2D eigenvalue weighted by Crippen LogP contribution is 2.33. The summed E-state index contributed by atoms with van der Waals surface area (Å²) in [4.78, 5) is 38.0. The number of amides is 2. The SMILES string of the molecule is CCC(F)(F)c1cccc(NC(=O)C2C(=O)N(c3ccc(OC)cc3C(C)=O)N=C2C)c1. The van der Waals surface area contributed by atoms with Gasteiger partial charge < -0.3 is 10.1 Å². The van der Waals surface area contributed by atoms with Gasteiger partial charge in [-0.15, -0.1) is 0 Å². The molecule has 3 rings (SSSR count). The van der Waals surface area contributed by atoms with Crippen molar-refractivity contribution in [3.8, 4) is 5.75 Å². The van der Waals surface area contributed by atoms with Gasteiger partial charge in [-0.3, -0.25) is 14.4 Å². The molecular weight excluding hydrogens is 420 g/mol. The van der Waals surface area contributed by atoms with Crippen molar-refractivity contribution in [1.82, 2.24) is 0 Å². The minimum atomic E-state index is -3.03. The molecule has 0 aromatic heterocycles. The fourth-order valence-electron chi connectivity index (χ4n) is 3.39. The Morgan fingerprint density at radius 3 is 2.56 bits per heavy atom. The van der Waals surface area contributed by atoms with Crippen LogP contribution < -0.4 is 15.1 Å². The number of methoxy groups -OCH3 is 1. The van der Waals surface area contributed by atoms with E-state index in [9.17, 15) is 23.2 Å². The Labute approximate surface area is 184 Å². The zero-order valence-electron chi connectivity index (χ0n) is 18.1. The molecule has 0 radical (unpaired) electrons. The van der Waals surface area contributed by atoms with Crippen LogP contribution in [0.25, 0.3) is 0 Å². The van der Waals surface area contributed by atoms with Gasteiger partial charge in [0.05, 0.1) is 18.5 Å². The van der Waals surface area contributed by atoms with Crippen molar-refractivity contribution >= 4 is 34.7 Å². The van der Waals surface area contributed by atoms with Gasteiger partial charge in [-0.1, -0.05) is 19.1 Å². The van der Waals surface area contributed by atoms with Crippen LogP contribution in [-0.2, 0) is 15.5 Å². The molecule has 0 bridgehead atoms. The number of carbonyl (C=O) groups excluding carboxylic acids is 3. The quantitative estimate of drug-likeness (QED) is 0.508. The van der Waals surface area contributed by atoms with E-state index in [-0.39, 0.29) is 40.4 Å². The van der Waals surface area contributed by atoms with Crippen molar-refractivity contribution in [2.75, 3.05) is 17.4 Å². The highest BCUT2D eigenvalue weighted by atomic mass is 19.3. The van der Waals surface area contributed by atoms with Gasteiger partial charge in [0, 0.05) is 23.2 Å². The first-order valence-corrected chi connectivity index (χ1v) is 9.96. The van der Waals surface area contributed by atoms with Gasteiger partial charge in [0.25, 0.3) is 11.8 Å². The fraction of sp³-hybridized carbons (Fsp3) is 0.304. The highest BCUT2D eigenvalue weighted by Gasteiger charge is 2.41. The summed E-state index contributed by atoms with van der Waals surface area (Å²) in [5, 5.41) is 7.71. The molecule has 2 amide bonds. The van der Waals surface area contributed by atoms with E-state index in [0.717, 1.165) is 5.01 Å². The Bertz CT molecular complexity index is 1110.